The van der Waals surface area contributed by atoms with Gasteiger partial charge >= 0.3 is 6.01 Å². The van der Waals surface area contributed by atoms with E-state index in [-0.39, 0.29) is 12.0 Å². The van der Waals surface area contributed by atoms with Crippen molar-refractivity contribution in [1.82, 2.24) is 15.0 Å². The van der Waals surface area contributed by atoms with E-state index in [0.717, 1.165) is 24.2 Å². The maximum absolute atomic E-state index is 5.74. The third kappa shape index (κ3) is 4.05. The van der Waals surface area contributed by atoms with Crippen molar-refractivity contribution in [2.24, 2.45) is 0 Å². The number of ether oxygens (including phenoxy) is 2. The van der Waals surface area contributed by atoms with Gasteiger partial charge in [0, 0.05) is 0 Å². The second-order valence-electron chi connectivity index (χ2n) is 4.49. The van der Waals surface area contributed by atoms with Crippen LogP contribution in [0, 0.1) is 0 Å². The smallest absolute Gasteiger partial charge is 0.321 e. The van der Waals surface area contributed by atoms with E-state index in [1.165, 1.54) is 0 Å². The van der Waals surface area contributed by atoms with E-state index in [0.29, 0.717) is 19.0 Å². The number of hydrogen-bond donors (Lipinski definition) is 1. The lowest BCUT2D eigenvalue weighted by Gasteiger charge is -2.11. The molecule has 112 valence electrons. The SMILES string of the molecule is CCCOc1nc(N)nc(-c2ccccc2OCCC)n1. The van der Waals surface area contributed by atoms with Crippen molar-refractivity contribution in [3.63, 3.8) is 0 Å². The van der Waals surface area contributed by atoms with Gasteiger partial charge in [0.1, 0.15) is 5.75 Å². The lowest BCUT2D eigenvalue weighted by atomic mass is 10.2. The molecule has 2 N–H and O–H groups in total. The second-order valence-corrected chi connectivity index (χ2v) is 4.49. The number of hydrogen-bond acceptors (Lipinski definition) is 6. The predicted octanol–water partition coefficient (Wildman–Crippen LogP) is 2.70. The van der Waals surface area contributed by atoms with Crippen molar-refractivity contribution >= 4 is 5.95 Å². The molecule has 0 radical (unpaired) electrons. The number of anilines is 1. The minimum Gasteiger partial charge on any atom is -0.493 e. The first kappa shape index (κ1) is 15.0. The highest BCUT2D eigenvalue weighted by atomic mass is 16.5. The molecular formula is C15H20N4O2. The van der Waals surface area contributed by atoms with Crippen LogP contribution in [0.1, 0.15) is 26.7 Å². The van der Waals surface area contributed by atoms with E-state index in [1.54, 1.807) is 0 Å². The molecule has 6 heteroatoms. The fourth-order valence-corrected chi connectivity index (χ4v) is 1.74. The minimum absolute atomic E-state index is 0.136. The number of rotatable bonds is 7. The zero-order valence-electron chi connectivity index (χ0n) is 12.4. The van der Waals surface area contributed by atoms with Crippen molar-refractivity contribution in [1.29, 1.82) is 0 Å². The molecule has 0 amide bonds. The molecule has 0 aliphatic rings. The highest BCUT2D eigenvalue weighted by Crippen LogP contribution is 2.28. The van der Waals surface area contributed by atoms with Crippen molar-refractivity contribution in [2.75, 3.05) is 18.9 Å². The van der Waals surface area contributed by atoms with E-state index in [9.17, 15) is 0 Å². The molecule has 1 heterocycles. The first-order chi connectivity index (χ1) is 10.2. The molecule has 0 spiro atoms. The van der Waals surface area contributed by atoms with Gasteiger partial charge in [-0.2, -0.15) is 15.0 Å². The number of nitrogen functional groups attached to an aromatic ring is 1. The Balaban J connectivity index is 2.34. The Kier molecular flexibility index (Phi) is 5.31. The summed E-state index contributed by atoms with van der Waals surface area (Å²) in [7, 11) is 0. The first-order valence-corrected chi connectivity index (χ1v) is 7.11. The molecule has 0 fully saturated rings. The molecule has 2 rings (SSSR count). The third-order valence-electron chi connectivity index (χ3n) is 2.66. The maximum atomic E-state index is 5.74. The molecule has 0 saturated carbocycles. The Morgan fingerprint density at radius 3 is 2.43 bits per heavy atom. The van der Waals surface area contributed by atoms with Crippen LogP contribution in [0.25, 0.3) is 11.4 Å². The van der Waals surface area contributed by atoms with Crippen LogP contribution in [0.4, 0.5) is 5.95 Å². The number of benzene rings is 1. The molecule has 0 atom stereocenters. The van der Waals surface area contributed by atoms with Gasteiger partial charge in [0.05, 0.1) is 18.8 Å². The minimum atomic E-state index is 0.136. The van der Waals surface area contributed by atoms with Crippen molar-refractivity contribution in [2.45, 2.75) is 26.7 Å². The van der Waals surface area contributed by atoms with E-state index in [2.05, 4.69) is 21.9 Å². The molecule has 0 unspecified atom stereocenters. The molecule has 0 saturated heterocycles. The quantitative estimate of drug-likeness (QED) is 0.843. The van der Waals surface area contributed by atoms with Crippen LogP contribution in [0.3, 0.4) is 0 Å². The molecule has 0 aliphatic heterocycles. The fraction of sp³-hybridized carbons (Fsp3) is 0.400. The highest BCUT2D eigenvalue weighted by molar-refractivity contribution is 5.64. The van der Waals surface area contributed by atoms with Crippen molar-refractivity contribution < 1.29 is 9.47 Å². The zero-order chi connectivity index (χ0) is 15.1. The van der Waals surface area contributed by atoms with E-state index >= 15 is 0 Å². The number of para-hydroxylation sites is 1. The van der Waals surface area contributed by atoms with Gasteiger partial charge in [0.15, 0.2) is 5.82 Å². The molecule has 2 aromatic rings. The van der Waals surface area contributed by atoms with Gasteiger partial charge in [0.2, 0.25) is 5.95 Å². The Labute approximate surface area is 124 Å². The van der Waals surface area contributed by atoms with Gasteiger partial charge in [-0.15, -0.1) is 0 Å². The molecule has 0 bridgehead atoms. The molecule has 21 heavy (non-hydrogen) atoms. The summed E-state index contributed by atoms with van der Waals surface area (Å²) in [6.07, 6.45) is 1.80. The van der Waals surface area contributed by atoms with Crippen LogP contribution in [0.15, 0.2) is 24.3 Å². The third-order valence-corrected chi connectivity index (χ3v) is 2.66. The summed E-state index contributed by atoms with van der Waals surface area (Å²) >= 11 is 0. The second kappa shape index (κ2) is 7.42. The summed E-state index contributed by atoms with van der Waals surface area (Å²) in [6, 6.07) is 7.83. The summed E-state index contributed by atoms with van der Waals surface area (Å²) in [6.45, 7) is 5.24. The summed E-state index contributed by atoms with van der Waals surface area (Å²) < 4.78 is 11.2. The lowest BCUT2D eigenvalue weighted by Crippen LogP contribution is -2.06. The average molecular weight is 288 g/mol. The Bertz CT molecular complexity index is 590. The molecule has 1 aromatic heterocycles. The summed E-state index contributed by atoms with van der Waals surface area (Å²) in [5.74, 6) is 1.32. The fourth-order valence-electron chi connectivity index (χ4n) is 1.74. The van der Waals surface area contributed by atoms with Gasteiger partial charge < -0.3 is 15.2 Å². The van der Waals surface area contributed by atoms with Crippen LogP contribution < -0.4 is 15.2 Å². The lowest BCUT2D eigenvalue weighted by molar-refractivity contribution is 0.292. The predicted molar refractivity (Wildman–Crippen MR) is 81.2 cm³/mol. The summed E-state index contributed by atoms with van der Waals surface area (Å²) in [5, 5.41) is 0. The molecule has 1 aromatic carbocycles. The number of nitrogens with zero attached hydrogens (tertiary/aromatic N) is 3. The van der Waals surface area contributed by atoms with E-state index in [4.69, 9.17) is 15.2 Å². The van der Waals surface area contributed by atoms with Crippen LogP contribution in [0.5, 0.6) is 11.8 Å². The topological polar surface area (TPSA) is 83.2 Å². The zero-order valence-corrected chi connectivity index (χ0v) is 12.4. The van der Waals surface area contributed by atoms with Gasteiger partial charge in [-0.25, -0.2) is 0 Å². The Morgan fingerprint density at radius 1 is 0.952 bits per heavy atom. The van der Waals surface area contributed by atoms with E-state index < -0.39 is 0 Å². The van der Waals surface area contributed by atoms with Crippen LogP contribution in [0.2, 0.25) is 0 Å². The Hall–Kier alpha value is -2.37. The monoisotopic (exact) mass is 288 g/mol. The molecular weight excluding hydrogens is 268 g/mol. The molecule has 6 nitrogen and oxygen atoms in total. The van der Waals surface area contributed by atoms with Crippen LogP contribution in [-0.2, 0) is 0 Å². The molecule has 0 aliphatic carbocycles. The van der Waals surface area contributed by atoms with Gasteiger partial charge in [-0.05, 0) is 25.0 Å². The highest BCUT2D eigenvalue weighted by Gasteiger charge is 2.12. The largest absolute Gasteiger partial charge is 0.493 e. The van der Waals surface area contributed by atoms with Crippen molar-refractivity contribution in [3.8, 4) is 23.1 Å². The number of nitrogens with two attached hydrogens (primary N) is 1. The first-order valence-electron chi connectivity index (χ1n) is 7.11. The maximum Gasteiger partial charge on any atom is 0.321 e. The van der Waals surface area contributed by atoms with E-state index in [1.807, 2.05) is 31.2 Å². The van der Waals surface area contributed by atoms with Crippen LogP contribution in [-0.4, -0.2) is 28.2 Å². The van der Waals surface area contributed by atoms with Crippen molar-refractivity contribution in [3.05, 3.63) is 24.3 Å². The Morgan fingerprint density at radius 2 is 1.67 bits per heavy atom. The van der Waals surface area contributed by atoms with Crippen LogP contribution >= 0.6 is 0 Å². The van der Waals surface area contributed by atoms with Gasteiger partial charge in [-0.1, -0.05) is 26.0 Å². The summed E-state index contributed by atoms with van der Waals surface area (Å²) in [5.41, 5.74) is 6.51. The summed E-state index contributed by atoms with van der Waals surface area (Å²) in [4.78, 5) is 12.5. The normalized spacial score (nSPS) is 10.4. The van der Waals surface area contributed by atoms with Gasteiger partial charge in [0.25, 0.3) is 0 Å². The average Bonchev–Trinajstić information content (AvgIpc) is 2.50. The number of aromatic nitrogens is 3. The standard InChI is InChI=1S/C15H20N4O2/c1-3-9-20-12-8-6-5-7-11(12)13-17-14(16)19-15(18-13)21-10-4-2/h5-8H,3-4,9-10H2,1-2H3,(H2,16,17,18,19). The van der Waals surface area contributed by atoms with Gasteiger partial charge in [-0.3, -0.25) is 0 Å².